The first kappa shape index (κ1) is 19.7. The Bertz CT molecular complexity index is 871. The summed E-state index contributed by atoms with van der Waals surface area (Å²) in [5, 5.41) is 7.53. The van der Waals surface area contributed by atoms with E-state index in [1.54, 1.807) is 0 Å². The van der Waals surface area contributed by atoms with Gasteiger partial charge in [0, 0.05) is 30.5 Å². The third-order valence-electron chi connectivity index (χ3n) is 4.90. The highest BCUT2D eigenvalue weighted by atomic mass is 16.2. The van der Waals surface area contributed by atoms with Crippen LogP contribution in [0, 0.1) is 0 Å². The number of carbonyl (C=O) groups excluding carboxylic acids is 1. The van der Waals surface area contributed by atoms with Crippen LogP contribution in [0.4, 0.5) is 5.69 Å². The molecule has 0 unspecified atom stereocenters. The van der Waals surface area contributed by atoms with Crippen molar-refractivity contribution in [3.8, 4) is 11.3 Å². The second-order valence-electron chi connectivity index (χ2n) is 7.19. The quantitative estimate of drug-likeness (QED) is 0.437. The van der Waals surface area contributed by atoms with Crippen LogP contribution in [0.15, 0.2) is 60.7 Å². The largest absolute Gasteiger partial charge is 0.399 e. The molecule has 3 rings (SSSR count). The lowest BCUT2D eigenvalue weighted by molar-refractivity contribution is -0.129. The van der Waals surface area contributed by atoms with Gasteiger partial charge >= 0.3 is 0 Å². The number of nitrogen functional groups attached to an aromatic ring is 1. The highest BCUT2D eigenvalue weighted by Gasteiger charge is 2.09. The first-order valence-corrected chi connectivity index (χ1v) is 9.80. The van der Waals surface area contributed by atoms with Crippen LogP contribution in [0.5, 0.6) is 0 Å². The number of H-pyrrole nitrogens is 1. The number of aryl methyl sites for hydroxylation is 1. The molecule has 3 N–H and O–H groups in total. The number of rotatable bonds is 9. The van der Waals surface area contributed by atoms with Crippen molar-refractivity contribution in [2.24, 2.45) is 0 Å². The molecule has 0 saturated heterocycles. The van der Waals surface area contributed by atoms with Gasteiger partial charge in [0.15, 0.2) is 0 Å². The molecule has 1 amide bonds. The maximum atomic E-state index is 12.3. The van der Waals surface area contributed by atoms with Gasteiger partial charge < -0.3 is 10.6 Å². The molecule has 0 bridgehead atoms. The van der Waals surface area contributed by atoms with E-state index in [9.17, 15) is 4.79 Å². The fourth-order valence-electron chi connectivity index (χ4n) is 3.16. The number of benzene rings is 2. The normalized spacial score (nSPS) is 10.8. The number of hydrogen-bond acceptors (Lipinski definition) is 3. The molecule has 1 aromatic heterocycles. The number of hydrogen-bond donors (Lipinski definition) is 2. The van der Waals surface area contributed by atoms with Crippen molar-refractivity contribution in [3.63, 3.8) is 0 Å². The highest BCUT2D eigenvalue weighted by Crippen LogP contribution is 2.18. The number of nitrogens with zero attached hydrogens (tertiary/aromatic N) is 2. The number of nitrogens with one attached hydrogen (secondary N) is 1. The first-order chi connectivity index (χ1) is 13.6. The third-order valence-corrected chi connectivity index (χ3v) is 4.90. The van der Waals surface area contributed by atoms with Crippen molar-refractivity contribution in [2.45, 2.75) is 32.1 Å². The maximum Gasteiger partial charge on any atom is 0.226 e. The molecule has 0 fully saturated rings. The van der Waals surface area contributed by atoms with Gasteiger partial charge in [0.1, 0.15) is 0 Å². The van der Waals surface area contributed by atoms with Gasteiger partial charge in [-0.3, -0.25) is 9.89 Å². The molecular formula is C23H28N4O. The van der Waals surface area contributed by atoms with Crippen LogP contribution >= 0.6 is 0 Å². The zero-order valence-corrected chi connectivity index (χ0v) is 16.4. The van der Waals surface area contributed by atoms with Gasteiger partial charge in [-0.25, -0.2) is 0 Å². The summed E-state index contributed by atoms with van der Waals surface area (Å²) in [4.78, 5) is 14.1. The third kappa shape index (κ3) is 5.71. The summed E-state index contributed by atoms with van der Waals surface area (Å²) in [6, 6.07) is 19.8. The average Bonchev–Trinajstić information content (AvgIpc) is 3.19. The predicted octanol–water partition coefficient (Wildman–Crippen LogP) is 4.07. The molecule has 0 atom stereocenters. The number of aromatic amines is 1. The minimum Gasteiger partial charge on any atom is -0.399 e. The van der Waals surface area contributed by atoms with Crippen LogP contribution < -0.4 is 5.73 Å². The minimum absolute atomic E-state index is 0.144. The van der Waals surface area contributed by atoms with Crippen molar-refractivity contribution < 1.29 is 4.79 Å². The summed E-state index contributed by atoms with van der Waals surface area (Å²) < 4.78 is 0. The molecule has 0 radical (unpaired) electrons. The van der Waals surface area contributed by atoms with E-state index in [-0.39, 0.29) is 5.91 Å². The lowest BCUT2D eigenvalue weighted by Gasteiger charge is -2.17. The molecule has 0 aliphatic heterocycles. The summed E-state index contributed by atoms with van der Waals surface area (Å²) >= 11 is 0. The fraction of sp³-hybridized carbons (Fsp3) is 0.304. The topological polar surface area (TPSA) is 75.0 Å². The number of carbonyl (C=O) groups is 1. The second-order valence-corrected chi connectivity index (χ2v) is 7.19. The van der Waals surface area contributed by atoms with Crippen LogP contribution in [-0.4, -0.2) is 34.6 Å². The van der Waals surface area contributed by atoms with E-state index in [0.717, 1.165) is 60.4 Å². The molecule has 1 heterocycles. The van der Waals surface area contributed by atoms with Gasteiger partial charge in [0.2, 0.25) is 5.91 Å². The summed E-state index contributed by atoms with van der Waals surface area (Å²) in [6.45, 7) is 0.784. The Balaban J connectivity index is 1.35. The van der Waals surface area contributed by atoms with Gasteiger partial charge in [-0.2, -0.15) is 5.10 Å². The molecule has 5 heteroatoms. The number of unbranched alkanes of at least 4 members (excludes halogenated alkanes) is 2. The number of anilines is 1. The van der Waals surface area contributed by atoms with Gasteiger partial charge in [-0.05, 0) is 43.0 Å². The Kier molecular flexibility index (Phi) is 6.84. The smallest absolute Gasteiger partial charge is 0.226 e. The molecule has 2 aromatic carbocycles. The van der Waals surface area contributed by atoms with E-state index >= 15 is 0 Å². The molecule has 0 aliphatic rings. The zero-order chi connectivity index (χ0) is 19.8. The maximum absolute atomic E-state index is 12.3. The van der Waals surface area contributed by atoms with E-state index in [0.29, 0.717) is 6.42 Å². The van der Waals surface area contributed by atoms with Crippen LogP contribution in [0.25, 0.3) is 11.3 Å². The van der Waals surface area contributed by atoms with Crippen molar-refractivity contribution in [2.75, 3.05) is 19.3 Å². The van der Waals surface area contributed by atoms with Crippen LogP contribution in [-0.2, 0) is 17.6 Å². The van der Waals surface area contributed by atoms with E-state index < -0.39 is 0 Å². The monoisotopic (exact) mass is 376 g/mol. The molecule has 146 valence electrons. The average molecular weight is 377 g/mol. The number of nitrogens with two attached hydrogens (primary N) is 1. The Morgan fingerprint density at radius 3 is 2.54 bits per heavy atom. The van der Waals surface area contributed by atoms with E-state index in [2.05, 4.69) is 28.4 Å². The standard InChI is InChI=1S/C23H28N4O/c1-27(23(28)16-18-11-13-20(24)14-12-18)15-7-3-6-10-21-17-22(26-25-21)19-8-4-2-5-9-19/h2,4-5,8-9,11-14,17H,3,6-7,10,15-16,24H2,1H3,(H,25,26). The molecule has 5 nitrogen and oxygen atoms in total. The van der Waals surface area contributed by atoms with Crippen LogP contribution in [0.3, 0.4) is 0 Å². The number of aromatic nitrogens is 2. The van der Waals surface area contributed by atoms with Gasteiger partial charge in [0.05, 0.1) is 12.1 Å². The van der Waals surface area contributed by atoms with Gasteiger partial charge in [-0.15, -0.1) is 0 Å². The van der Waals surface area contributed by atoms with Crippen molar-refractivity contribution in [1.29, 1.82) is 0 Å². The molecule has 3 aromatic rings. The predicted molar refractivity (Wildman–Crippen MR) is 114 cm³/mol. The van der Waals surface area contributed by atoms with Gasteiger partial charge in [0.25, 0.3) is 0 Å². The van der Waals surface area contributed by atoms with Gasteiger partial charge in [-0.1, -0.05) is 48.9 Å². The molecular weight excluding hydrogens is 348 g/mol. The van der Waals surface area contributed by atoms with Crippen LogP contribution in [0.2, 0.25) is 0 Å². The summed E-state index contributed by atoms with van der Waals surface area (Å²) in [6.07, 6.45) is 4.56. The lowest BCUT2D eigenvalue weighted by atomic mass is 10.1. The lowest BCUT2D eigenvalue weighted by Crippen LogP contribution is -2.29. The summed E-state index contributed by atoms with van der Waals surface area (Å²) in [5.41, 5.74) is 10.7. The molecule has 0 aliphatic carbocycles. The van der Waals surface area contributed by atoms with E-state index in [1.165, 1.54) is 0 Å². The Morgan fingerprint density at radius 2 is 1.79 bits per heavy atom. The highest BCUT2D eigenvalue weighted by molar-refractivity contribution is 5.78. The minimum atomic E-state index is 0.144. The zero-order valence-electron chi connectivity index (χ0n) is 16.4. The molecule has 0 spiro atoms. The summed E-state index contributed by atoms with van der Waals surface area (Å²) in [7, 11) is 1.88. The summed E-state index contributed by atoms with van der Waals surface area (Å²) in [5.74, 6) is 0.144. The number of likely N-dealkylation sites (N-methyl/N-ethyl adjacent to an activating group) is 1. The number of amides is 1. The second kappa shape index (κ2) is 9.74. The van der Waals surface area contributed by atoms with Crippen LogP contribution in [0.1, 0.15) is 30.5 Å². The Hall–Kier alpha value is -3.08. The molecule has 28 heavy (non-hydrogen) atoms. The Labute approximate surface area is 166 Å². The SMILES string of the molecule is CN(CCCCCc1cc(-c2ccccc2)n[nH]1)C(=O)Cc1ccc(N)cc1. The van der Waals surface area contributed by atoms with Crippen molar-refractivity contribution in [1.82, 2.24) is 15.1 Å². The Morgan fingerprint density at radius 1 is 1.04 bits per heavy atom. The van der Waals surface area contributed by atoms with E-state index in [1.807, 2.05) is 54.4 Å². The fourth-order valence-corrected chi connectivity index (χ4v) is 3.16. The molecule has 0 saturated carbocycles. The van der Waals surface area contributed by atoms with E-state index in [4.69, 9.17) is 5.73 Å². The van der Waals surface area contributed by atoms with Crippen molar-refractivity contribution in [3.05, 3.63) is 71.9 Å². The first-order valence-electron chi connectivity index (χ1n) is 9.80. The van der Waals surface area contributed by atoms with Crippen molar-refractivity contribution >= 4 is 11.6 Å².